The van der Waals surface area contributed by atoms with Crippen molar-refractivity contribution in [3.05, 3.63) is 46.1 Å². The topological polar surface area (TPSA) is 58.1 Å². The highest BCUT2D eigenvalue weighted by Crippen LogP contribution is 2.33. The van der Waals surface area contributed by atoms with Gasteiger partial charge in [0.1, 0.15) is 17.0 Å². The molecule has 0 aliphatic carbocycles. The summed E-state index contributed by atoms with van der Waals surface area (Å²) in [5.41, 5.74) is 1.81. The molecule has 2 aromatic heterocycles. The number of benzene rings is 1. The number of carbonyl (C=O) groups is 1. The number of anilines is 2. The molecule has 1 saturated heterocycles. The molecule has 1 aliphatic rings. The van der Waals surface area contributed by atoms with Crippen LogP contribution in [0, 0.1) is 12.8 Å². The Hall–Kier alpha value is -2.18. The Morgan fingerprint density at radius 1 is 1.29 bits per heavy atom. The second kappa shape index (κ2) is 8.05. The molecule has 0 unspecified atom stereocenters. The van der Waals surface area contributed by atoms with Gasteiger partial charge in [0, 0.05) is 34.6 Å². The molecule has 3 aromatic rings. The predicted molar refractivity (Wildman–Crippen MR) is 117 cm³/mol. The number of carbonyl (C=O) groups excluding carboxylic acids is 1. The molecule has 146 valence electrons. The van der Waals surface area contributed by atoms with Crippen molar-refractivity contribution in [2.45, 2.75) is 33.1 Å². The number of aromatic nitrogens is 2. The molecule has 0 saturated carbocycles. The van der Waals surface area contributed by atoms with Crippen LogP contribution in [0.15, 0.2) is 30.6 Å². The molecule has 1 aliphatic heterocycles. The maximum atomic E-state index is 12.7. The van der Waals surface area contributed by atoms with E-state index in [2.05, 4.69) is 33.2 Å². The number of fused-ring (bicyclic) bond motifs is 1. The van der Waals surface area contributed by atoms with Crippen molar-refractivity contribution in [1.82, 2.24) is 9.97 Å². The summed E-state index contributed by atoms with van der Waals surface area (Å²) < 4.78 is 0. The number of thiophene rings is 1. The Morgan fingerprint density at radius 3 is 2.82 bits per heavy atom. The van der Waals surface area contributed by atoms with E-state index in [1.54, 1.807) is 17.7 Å². The lowest BCUT2D eigenvalue weighted by Gasteiger charge is -2.32. The molecule has 1 N–H and O–H groups in total. The second-order valence-electron chi connectivity index (χ2n) is 7.19. The molecule has 4 rings (SSSR count). The summed E-state index contributed by atoms with van der Waals surface area (Å²) >= 11 is 7.80. The molecule has 1 aromatic carbocycles. The van der Waals surface area contributed by atoms with Gasteiger partial charge >= 0.3 is 0 Å². The van der Waals surface area contributed by atoms with Gasteiger partial charge in [0.25, 0.3) is 0 Å². The van der Waals surface area contributed by atoms with Crippen LogP contribution < -0.4 is 10.2 Å². The lowest BCUT2D eigenvalue weighted by molar-refractivity contribution is -0.120. The average molecular weight is 415 g/mol. The molecule has 5 nitrogen and oxygen atoms in total. The van der Waals surface area contributed by atoms with Crippen LogP contribution in [0.2, 0.25) is 5.02 Å². The van der Waals surface area contributed by atoms with E-state index in [0.717, 1.165) is 59.6 Å². The predicted octanol–water partition coefficient (Wildman–Crippen LogP) is 5.07. The van der Waals surface area contributed by atoms with Crippen molar-refractivity contribution in [1.29, 1.82) is 0 Å². The molecule has 0 bridgehead atoms. The third kappa shape index (κ3) is 3.84. The maximum Gasteiger partial charge on any atom is 0.227 e. The van der Waals surface area contributed by atoms with Crippen molar-refractivity contribution in [3.8, 4) is 0 Å². The standard InChI is InChI=1S/C21H23ClN4OS/c1-3-16-11-17-19(23-12-24-21(17)28-16)26-8-6-14(7-9-26)20(27)25-18-10-15(22)5-4-13(18)2/h4-5,10-12,14H,3,6-9H2,1-2H3,(H,25,27). The van der Waals surface area contributed by atoms with Crippen molar-refractivity contribution in [2.24, 2.45) is 5.92 Å². The Bertz CT molecular complexity index is 1010. The minimum atomic E-state index is 0.000590. The van der Waals surface area contributed by atoms with Gasteiger partial charge in [0.15, 0.2) is 0 Å². The van der Waals surface area contributed by atoms with Crippen molar-refractivity contribution in [3.63, 3.8) is 0 Å². The minimum Gasteiger partial charge on any atom is -0.356 e. The van der Waals surface area contributed by atoms with E-state index >= 15 is 0 Å². The van der Waals surface area contributed by atoms with E-state index < -0.39 is 0 Å². The number of halogens is 1. The number of rotatable bonds is 4. The largest absolute Gasteiger partial charge is 0.356 e. The van der Waals surface area contributed by atoms with E-state index in [9.17, 15) is 4.79 Å². The molecule has 28 heavy (non-hydrogen) atoms. The smallest absolute Gasteiger partial charge is 0.227 e. The van der Waals surface area contributed by atoms with Crippen molar-refractivity contribution >= 4 is 50.6 Å². The van der Waals surface area contributed by atoms with Crippen LogP contribution >= 0.6 is 22.9 Å². The summed E-state index contributed by atoms with van der Waals surface area (Å²) in [7, 11) is 0. The summed E-state index contributed by atoms with van der Waals surface area (Å²) in [5, 5.41) is 4.81. The first kappa shape index (κ1) is 19.2. The number of hydrogen-bond donors (Lipinski definition) is 1. The van der Waals surface area contributed by atoms with Crippen LogP contribution in [0.3, 0.4) is 0 Å². The fraction of sp³-hybridized carbons (Fsp3) is 0.381. The van der Waals surface area contributed by atoms with E-state index in [1.165, 1.54) is 4.88 Å². The second-order valence-corrected chi connectivity index (χ2v) is 8.74. The molecule has 1 amide bonds. The first-order valence-electron chi connectivity index (χ1n) is 9.60. The van der Waals surface area contributed by atoms with Crippen molar-refractivity contribution < 1.29 is 4.79 Å². The van der Waals surface area contributed by atoms with Crippen molar-refractivity contribution in [2.75, 3.05) is 23.3 Å². The number of aryl methyl sites for hydroxylation is 2. The van der Waals surface area contributed by atoms with Crippen LogP contribution in [0.4, 0.5) is 11.5 Å². The first-order chi connectivity index (χ1) is 13.5. The monoisotopic (exact) mass is 414 g/mol. The van der Waals surface area contributed by atoms with Crippen LogP contribution in [-0.2, 0) is 11.2 Å². The summed E-state index contributed by atoms with van der Waals surface area (Å²) in [6.07, 6.45) is 4.27. The zero-order chi connectivity index (χ0) is 19.7. The summed E-state index contributed by atoms with van der Waals surface area (Å²) in [5.74, 6) is 1.06. The third-order valence-electron chi connectivity index (χ3n) is 5.33. The highest BCUT2D eigenvalue weighted by molar-refractivity contribution is 7.18. The van der Waals surface area contributed by atoms with Gasteiger partial charge < -0.3 is 10.2 Å². The summed E-state index contributed by atoms with van der Waals surface area (Å²) in [4.78, 5) is 26.3. The highest BCUT2D eigenvalue weighted by atomic mass is 35.5. The molecule has 3 heterocycles. The zero-order valence-electron chi connectivity index (χ0n) is 16.0. The fourth-order valence-electron chi connectivity index (χ4n) is 3.64. The maximum absolute atomic E-state index is 12.7. The van der Waals surface area contributed by atoms with Gasteiger partial charge in [0.2, 0.25) is 5.91 Å². The Morgan fingerprint density at radius 2 is 2.07 bits per heavy atom. The minimum absolute atomic E-state index is 0.000590. The number of nitrogens with one attached hydrogen (secondary N) is 1. The lowest BCUT2D eigenvalue weighted by Crippen LogP contribution is -2.38. The van der Waals surface area contributed by atoms with Crippen LogP contribution in [0.25, 0.3) is 10.2 Å². The third-order valence-corrected chi connectivity index (χ3v) is 6.75. The van der Waals surface area contributed by atoms with Gasteiger partial charge in [-0.25, -0.2) is 9.97 Å². The summed E-state index contributed by atoms with van der Waals surface area (Å²) in [6.45, 7) is 5.76. The van der Waals surface area contributed by atoms with Crippen LogP contribution in [0.1, 0.15) is 30.2 Å². The molecule has 1 fully saturated rings. The van der Waals surface area contributed by atoms with Gasteiger partial charge in [-0.1, -0.05) is 24.6 Å². The molecule has 0 atom stereocenters. The van der Waals surface area contributed by atoms with E-state index in [1.807, 2.05) is 25.1 Å². The number of nitrogens with zero attached hydrogens (tertiary/aromatic N) is 3. The Balaban J connectivity index is 1.44. The fourth-order valence-corrected chi connectivity index (χ4v) is 4.74. The average Bonchev–Trinajstić information content (AvgIpc) is 3.14. The van der Waals surface area contributed by atoms with Gasteiger partial charge in [0.05, 0.1) is 5.39 Å². The molecule has 7 heteroatoms. The zero-order valence-corrected chi connectivity index (χ0v) is 17.6. The Kier molecular flexibility index (Phi) is 5.51. The molecular weight excluding hydrogens is 392 g/mol. The van der Waals surface area contributed by atoms with E-state index in [0.29, 0.717) is 5.02 Å². The SMILES string of the molecule is CCc1cc2c(N3CCC(C(=O)Nc4cc(Cl)ccc4C)CC3)ncnc2s1. The Labute approximate surface area is 173 Å². The summed E-state index contributed by atoms with van der Waals surface area (Å²) in [6, 6.07) is 7.77. The van der Waals surface area contributed by atoms with Gasteiger partial charge in [-0.05, 0) is 49.9 Å². The van der Waals surface area contributed by atoms with Crippen LogP contribution in [0.5, 0.6) is 0 Å². The quantitative estimate of drug-likeness (QED) is 0.647. The van der Waals surface area contributed by atoms with Gasteiger partial charge in [-0.3, -0.25) is 4.79 Å². The van der Waals surface area contributed by atoms with Gasteiger partial charge in [-0.15, -0.1) is 11.3 Å². The lowest BCUT2D eigenvalue weighted by atomic mass is 9.95. The first-order valence-corrected chi connectivity index (χ1v) is 10.8. The van der Waals surface area contributed by atoms with E-state index in [-0.39, 0.29) is 11.8 Å². The normalized spacial score (nSPS) is 15.2. The highest BCUT2D eigenvalue weighted by Gasteiger charge is 2.27. The molecule has 0 radical (unpaired) electrons. The number of piperidine rings is 1. The van der Waals surface area contributed by atoms with Gasteiger partial charge in [-0.2, -0.15) is 0 Å². The number of hydrogen-bond acceptors (Lipinski definition) is 5. The molecular formula is C21H23ClN4OS. The van der Waals surface area contributed by atoms with Crippen LogP contribution in [-0.4, -0.2) is 29.0 Å². The number of amides is 1. The van der Waals surface area contributed by atoms with E-state index in [4.69, 9.17) is 11.6 Å². The molecule has 0 spiro atoms.